The largest absolute Gasteiger partial charge is 0.386 e. The molecule has 0 radical (unpaired) electrons. The van der Waals surface area contributed by atoms with Crippen molar-refractivity contribution in [1.82, 2.24) is 5.32 Å². The number of hydrogen-bond donors (Lipinski definition) is 2. The third-order valence-electron chi connectivity index (χ3n) is 3.68. The highest BCUT2D eigenvalue weighted by Crippen LogP contribution is 2.48. The first kappa shape index (κ1) is 11.9. The minimum Gasteiger partial charge on any atom is -0.386 e. The van der Waals surface area contributed by atoms with E-state index in [0.29, 0.717) is 12.6 Å². The van der Waals surface area contributed by atoms with Crippen molar-refractivity contribution >= 4 is 22.9 Å². The fraction of sp³-hybridized carbons (Fsp3) is 0.667. The summed E-state index contributed by atoms with van der Waals surface area (Å²) >= 11 is 7.65. The first-order valence-electron chi connectivity index (χ1n) is 5.96. The van der Waals surface area contributed by atoms with E-state index >= 15 is 0 Å². The molecule has 0 aliphatic carbocycles. The zero-order chi connectivity index (χ0) is 12.0. The second-order valence-corrected chi connectivity index (χ2v) is 6.65. The molecule has 2 aliphatic heterocycles. The van der Waals surface area contributed by atoms with Crippen LogP contribution in [0, 0.1) is 0 Å². The van der Waals surface area contributed by atoms with Gasteiger partial charge >= 0.3 is 0 Å². The lowest BCUT2D eigenvalue weighted by Crippen LogP contribution is -2.48. The molecule has 0 saturated carbocycles. The SMILES string of the molecule is C[C@H]1C[C@@]2(CCN1)OC[C@@H](O)c1cc(Cl)sc12. The van der Waals surface area contributed by atoms with E-state index in [-0.39, 0.29) is 5.60 Å². The summed E-state index contributed by atoms with van der Waals surface area (Å²) in [4.78, 5) is 1.13. The lowest BCUT2D eigenvalue weighted by Gasteiger charge is -2.43. The summed E-state index contributed by atoms with van der Waals surface area (Å²) in [6.07, 6.45) is 1.38. The smallest absolute Gasteiger partial charge is 0.105 e. The second kappa shape index (κ2) is 4.21. The highest BCUT2D eigenvalue weighted by atomic mass is 35.5. The van der Waals surface area contributed by atoms with Gasteiger partial charge in [0.05, 0.1) is 10.9 Å². The standard InChI is InChI=1S/C12H16ClNO2S/c1-7-5-12(2-3-14-7)11-8(4-10(13)17-11)9(15)6-16-12/h4,7,9,14-15H,2-3,5-6H2,1H3/t7-,9+,12+/m0/s1. The molecular formula is C12H16ClNO2S. The van der Waals surface area contributed by atoms with Crippen molar-refractivity contribution in [3.05, 3.63) is 20.8 Å². The van der Waals surface area contributed by atoms with E-state index < -0.39 is 6.10 Å². The maximum Gasteiger partial charge on any atom is 0.105 e. The van der Waals surface area contributed by atoms with Crippen LogP contribution in [0.1, 0.15) is 36.3 Å². The van der Waals surface area contributed by atoms with Crippen LogP contribution >= 0.6 is 22.9 Å². The molecule has 94 valence electrons. The van der Waals surface area contributed by atoms with E-state index in [1.807, 2.05) is 6.07 Å². The minimum absolute atomic E-state index is 0.225. The number of ether oxygens (including phenoxy) is 1. The molecule has 1 aromatic rings. The Balaban J connectivity index is 2.04. The lowest BCUT2D eigenvalue weighted by atomic mass is 9.82. The maximum atomic E-state index is 9.96. The monoisotopic (exact) mass is 273 g/mol. The molecule has 1 fully saturated rings. The Morgan fingerprint density at radius 2 is 2.47 bits per heavy atom. The lowest BCUT2D eigenvalue weighted by molar-refractivity contribution is -0.121. The van der Waals surface area contributed by atoms with Gasteiger partial charge in [0.2, 0.25) is 0 Å². The van der Waals surface area contributed by atoms with E-state index in [1.165, 1.54) is 0 Å². The third kappa shape index (κ3) is 1.92. The van der Waals surface area contributed by atoms with Crippen molar-refractivity contribution in [3.8, 4) is 0 Å². The second-order valence-electron chi connectivity index (χ2n) is 4.97. The molecule has 3 atom stereocenters. The summed E-state index contributed by atoms with van der Waals surface area (Å²) < 4.78 is 6.73. The molecule has 1 saturated heterocycles. The molecule has 1 aromatic heterocycles. The van der Waals surface area contributed by atoms with E-state index in [4.69, 9.17) is 16.3 Å². The van der Waals surface area contributed by atoms with Crippen LogP contribution in [0.15, 0.2) is 6.07 Å². The number of rotatable bonds is 0. The number of nitrogens with one attached hydrogen (secondary N) is 1. The van der Waals surface area contributed by atoms with Gasteiger partial charge in [0.1, 0.15) is 11.7 Å². The number of piperidine rings is 1. The molecule has 1 spiro atoms. The summed E-state index contributed by atoms with van der Waals surface area (Å²) in [6.45, 7) is 3.50. The van der Waals surface area contributed by atoms with Gasteiger partial charge in [0, 0.05) is 16.5 Å². The predicted octanol–water partition coefficient (Wildman–Crippen LogP) is 2.43. The Morgan fingerprint density at radius 1 is 1.65 bits per heavy atom. The molecule has 0 unspecified atom stereocenters. The highest BCUT2D eigenvalue weighted by molar-refractivity contribution is 7.16. The molecule has 2 aliphatic rings. The highest BCUT2D eigenvalue weighted by Gasteiger charge is 2.44. The Kier molecular flexibility index (Phi) is 2.96. The number of aliphatic hydroxyl groups is 1. The van der Waals surface area contributed by atoms with E-state index in [9.17, 15) is 5.11 Å². The van der Waals surface area contributed by atoms with Crippen LogP contribution in [-0.2, 0) is 10.3 Å². The summed E-state index contributed by atoms with van der Waals surface area (Å²) in [7, 11) is 0. The molecule has 3 rings (SSSR count). The van der Waals surface area contributed by atoms with Gasteiger partial charge in [-0.05, 0) is 32.4 Å². The van der Waals surface area contributed by atoms with Crippen molar-refractivity contribution in [2.24, 2.45) is 0 Å². The average Bonchev–Trinajstić information content (AvgIpc) is 2.68. The topological polar surface area (TPSA) is 41.5 Å². The molecule has 0 aromatic carbocycles. The zero-order valence-electron chi connectivity index (χ0n) is 9.70. The van der Waals surface area contributed by atoms with Crippen LogP contribution in [0.3, 0.4) is 0 Å². The zero-order valence-corrected chi connectivity index (χ0v) is 11.3. The van der Waals surface area contributed by atoms with Gasteiger partial charge < -0.3 is 15.2 Å². The van der Waals surface area contributed by atoms with Crippen LogP contribution in [0.4, 0.5) is 0 Å². The minimum atomic E-state index is -0.524. The first-order chi connectivity index (χ1) is 8.11. The van der Waals surface area contributed by atoms with Crippen LogP contribution in [0.25, 0.3) is 0 Å². The van der Waals surface area contributed by atoms with Gasteiger partial charge in [0.15, 0.2) is 0 Å². The molecule has 3 nitrogen and oxygen atoms in total. The normalized spacial score (nSPS) is 37.1. The molecule has 3 heterocycles. The molecule has 5 heteroatoms. The van der Waals surface area contributed by atoms with Crippen LogP contribution in [0.2, 0.25) is 4.34 Å². The Hall–Kier alpha value is -0.130. The van der Waals surface area contributed by atoms with Gasteiger partial charge in [-0.1, -0.05) is 11.6 Å². The Morgan fingerprint density at radius 3 is 3.24 bits per heavy atom. The van der Waals surface area contributed by atoms with Gasteiger partial charge in [-0.2, -0.15) is 0 Å². The van der Waals surface area contributed by atoms with E-state index in [0.717, 1.165) is 34.2 Å². The number of thiophene rings is 1. The summed E-state index contributed by atoms with van der Waals surface area (Å²) in [5.74, 6) is 0. The summed E-state index contributed by atoms with van der Waals surface area (Å²) in [6, 6.07) is 2.33. The number of fused-ring (bicyclic) bond motifs is 2. The number of halogens is 1. The molecular weight excluding hydrogens is 258 g/mol. The average molecular weight is 274 g/mol. The fourth-order valence-electron chi connectivity index (χ4n) is 2.90. The van der Waals surface area contributed by atoms with Gasteiger partial charge in [0.25, 0.3) is 0 Å². The van der Waals surface area contributed by atoms with Crippen molar-refractivity contribution in [2.45, 2.75) is 37.5 Å². The predicted molar refractivity (Wildman–Crippen MR) is 68.6 cm³/mol. The van der Waals surface area contributed by atoms with Crippen molar-refractivity contribution in [2.75, 3.05) is 13.2 Å². The van der Waals surface area contributed by atoms with Gasteiger partial charge in [-0.25, -0.2) is 0 Å². The van der Waals surface area contributed by atoms with E-state index in [2.05, 4.69) is 12.2 Å². The molecule has 17 heavy (non-hydrogen) atoms. The van der Waals surface area contributed by atoms with Gasteiger partial charge in [-0.15, -0.1) is 11.3 Å². The van der Waals surface area contributed by atoms with Crippen molar-refractivity contribution in [3.63, 3.8) is 0 Å². The molecule has 2 N–H and O–H groups in total. The summed E-state index contributed by atoms with van der Waals surface area (Å²) in [5, 5.41) is 13.4. The molecule has 0 bridgehead atoms. The van der Waals surface area contributed by atoms with Gasteiger partial charge in [-0.3, -0.25) is 0 Å². The van der Waals surface area contributed by atoms with Crippen LogP contribution in [-0.4, -0.2) is 24.3 Å². The van der Waals surface area contributed by atoms with Crippen LogP contribution in [0.5, 0.6) is 0 Å². The Bertz CT molecular complexity index is 436. The number of aliphatic hydroxyl groups excluding tert-OH is 1. The fourth-order valence-corrected chi connectivity index (χ4v) is 4.37. The molecule has 0 amide bonds. The maximum absolute atomic E-state index is 9.96. The number of hydrogen-bond acceptors (Lipinski definition) is 4. The third-order valence-corrected chi connectivity index (χ3v) is 5.14. The first-order valence-corrected chi connectivity index (χ1v) is 7.15. The van der Waals surface area contributed by atoms with Crippen LogP contribution < -0.4 is 5.32 Å². The Labute approximate surface area is 110 Å². The van der Waals surface area contributed by atoms with Crippen molar-refractivity contribution < 1.29 is 9.84 Å². The van der Waals surface area contributed by atoms with E-state index in [1.54, 1.807) is 11.3 Å². The quantitative estimate of drug-likeness (QED) is 0.763. The van der Waals surface area contributed by atoms with Crippen molar-refractivity contribution in [1.29, 1.82) is 0 Å². The summed E-state index contributed by atoms with van der Waals surface area (Å²) in [5.41, 5.74) is 0.747.